The van der Waals surface area contributed by atoms with Gasteiger partial charge in [0.25, 0.3) is 0 Å². The van der Waals surface area contributed by atoms with Gasteiger partial charge in [0.15, 0.2) is 0 Å². The van der Waals surface area contributed by atoms with E-state index in [-0.39, 0.29) is 29.4 Å². The Labute approximate surface area is 190 Å². The van der Waals surface area contributed by atoms with Gasteiger partial charge >= 0.3 is 6.18 Å². The molecule has 1 spiro atoms. The molecule has 5 rings (SSSR count). The van der Waals surface area contributed by atoms with Crippen LogP contribution >= 0.6 is 0 Å². The second kappa shape index (κ2) is 8.23. The summed E-state index contributed by atoms with van der Waals surface area (Å²) in [7, 11) is 0. The van der Waals surface area contributed by atoms with E-state index in [0.717, 1.165) is 67.1 Å². The van der Waals surface area contributed by atoms with Gasteiger partial charge in [-0.2, -0.15) is 13.2 Å². The summed E-state index contributed by atoms with van der Waals surface area (Å²) in [6.45, 7) is 0. The number of ketones is 1. The van der Waals surface area contributed by atoms with Crippen molar-refractivity contribution in [2.24, 2.45) is 11.3 Å². The number of carbonyl (C=O) groups is 1. The molecular formula is C27H25F4NO. The number of benzene rings is 2. The summed E-state index contributed by atoms with van der Waals surface area (Å²) in [6, 6.07) is 11.8. The number of alkyl halides is 3. The van der Waals surface area contributed by atoms with E-state index in [9.17, 15) is 22.4 Å². The van der Waals surface area contributed by atoms with Gasteiger partial charge < -0.3 is 0 Å². The van der Waals surface area contributed by atoms with Crippen LogP contribution in [0.4, 0.5) is 17.6 Å². The molecule has 0 unspecified atom stereocenters. The molecule has 2 aliphatic carbocycles. The minimum absolute atomic E-state index is 0.0395. The Kier molecular flexibility index (Phi) is 5.50. The van der Waals surface area contributed by atoms with E-state index in [1.807, 2.05) is 6.07 Å². The van der Waals surface area contributed by atoms with Gasteiger partial charge in [0, 0.05) is 23.9 Å². The average Bonchev–Trinajstić information content (AvgIpc) is 2.77. The van der Waals surface area contributed by atoms with Gasteiger partial charge in [-0.1, -0.05) is 18.2 Å². The van der Waals surface area contributed by atoms with E-state index in [0.29, 0.717) is 11.5 Å². The molecule has 0 N–H and O–H groups in total. The van der Waals surface area contributed by atoms with Crippen molar-refractivity contribution in [2.45, 2.75) is 57.0 Å². The summed E-state index contributed by atoms with van der Waals surface area (Å²) < 4.78 is 52.6. The first-order valence-electron chi connectivity index (χ1n) is 11.5. The maximum Gasteiger partial charge on any atom is 0.416 e. The first-order chi connectivity index (χ1) is 15.7. The molecule has 33 heavy (non-hydrogen) atoms. The average molecular weight is 455 g/mol. The van der Waals surface area contributed by atoms with E-state index >= 15 is 0 Å². The highest BCUT2D eigenvalue weighted by atomic mass is 19.4. The van der Waals surface area contributed by atoms with Crippen molar-refractivity contribution < 1.29 is 22.4 Å². The predicted octanol–water partition coefficient (Wildman–Crippen LogP) is 7.26. The van der Waals surface area contributed by atoms with Gasteiger partial charge in [-0.15, -0.1) is 0 Å². The fourth-order valence-corrected chi connectivity index (χ4v) is 5.86. The third kappa shape index (κ3) is 4.40. The molecule has 0 aliphatic heterocycles. The smallest absolute Gasteiger partial charge is 0.299 e. The Balaban J connectivity index is 1.20. The zero-order valence-electron chi connectivity index (χ0n) is 18.2. The molecule has 1 heterocycles. The number of aromatic nitrogens is 1. The molecule has 0 amide bonds. The van der Waals surface area contributed by atoms with Crippen LogP contribution in [0.1, 0.15) is 61.1 Å². The van der Waals surface area contributed by atoms with Crippen molar-refractivity contribution in [3.63, 3.8) is 0 Å². The summed E-state index contributed by atoms with van der Waals surface area (Å²) >= 11 is 0. The SMILES string of the molecule is O=C(Cc1cccc(C(F)(F)F)c1)C1CC2(CCC(c3ccnc4ccc(F)cc34)CC2)C1. The zero-order valence-corrected chi connectivity index (χ0v) is 18.2. The normalized spacial score (nSPS) is 25.2. The minimum Gasteiger partial charge on any atom is -0.299 e. The fourth-order valence-electron chi connectivity index (χ4n) is 5.86. The second-order valence-electron chi connectivity index (χ2n) is 9.78. The quantitative estimate of drug-likeness (QED) is 0.388. The Morgan fingerprint density at radius 1 is 1.03 bits per heavy atom. The molecule has 0 radical (unpaired) electrons. The van der Waals surface area contributed by atoms with Crippen LogP contribution in [-0.4, -0.2) is 10.8 Å². The Morgan fingerprint density at radius 2 is 1.79 bits per heavy atom. The fraction of sp³-hybridized carbons (Fsp3) is 0.407. The Bertz CT molecular complexity index is 1190. The monoisotopic (exact) mass is 455 g/mol. The number of rotatable bonds is 4. The van der Waals surface area contributed by atoms with Crippen LogP contribution in [0.5, 0.6) is 0 Å². The third-order valence-electron chi connectivity index (χ3n) is 7.67. The number of Topliss-reactive ketones (excluding diaryl/α,β-unsaturated/α-hetero) is 1. The topological polar surface area (TPSA) is 30.0 Å². The molecule has 0 saturated heterocycles. The van der Waals surface area contributed by atoms with Crippen LogP contribution in [0.15, 0.2) is 54.7 Å². The highest BCUT2D eigenvalue weighted by Gasteiger charge is 2.48. The third-order valence-corrected chi connectivity index (χ3v) is 7.67. The first kappa shape index (κ1) is 22.1. The molecule has 1 aromatic heterocycles. The van der Waals surface area contributed by atoms with Crippen molar-refractivity contribution in [1.82, 2.24) is 4.98 Å². The molecule has 172 valence electrons. The Morgan fingerprint density at radius 3 is 2.52 bits per heavy atom. The summed E-state index contributed by atoms with van der Waals surface area (Å²) in [5, 5.41) is 0.876. The summed E-state index contributed by atoms with van der Waals surface area (Å²) in [4.78, 5) is 17.1. The minimum atomic E-state index is -4.40. The maximum atomic E-state index is 13.8. The van der Waals surface area contributed by atoms with E-state index < -0.39 is 11.7 Å². The van der Waals surface area contributed by atoms with Gasteiger partial charge in [-0.05, 0) is 91.3 Å². The lowest BCUT2D eigenvalue weighted by Gasteiger charge is -2.51. The van der Waals surface area contributed by atoms with Crippen molar-refractivity contribution in [3.05, 3.63) is 77.2 Å². The molecule has 3 aromatic rings. The van der Waals surface area contributed by atoms with Crippen LogP contribution in [0.2, 0.25) is 0 Å². The van der Waals surface area contributed by atoms with Crippen LogP contribution in [-0.2, 0) is 17.4 Å². The number of pyridine rings is 1. The molecule has 2 aromatic carbocycles. The van der Waals surface area contributed by atoms with Crippen molar-refractivity contribution in [3.8, 4) is 0 Å². The standard InChI is InChI=1S/C27H25F4NO/c28-21-4-5-24-23(14-21)22(8-11-32-24)18-6-9-26(10-7-18)15-19(16-26)25(33)13-17-2-1-3-20(12-17)27(29,30)31/h1-5,8,11-12,14,18-19H,6-7,9-10,13,15-16H2. The molecule has 0 atom stereocenters. The van der Waals surface area contributed by atoms with Gasteiger partial charge in [-0.25, -0.2) is 4.39 Å². The lowest BCUT2D eigenvalue weighted by atomic mass is 9.53. The number of nitrogens with zero attached hydrogens (tertiary/aromatic N) is 1. The molecule has 0 bridgehead atoms. The molecule has 2 fully saturated rings. The summed E-state index contributed by atoms with van der Waals surface area (Å²) in [5.41, 5.74) is 1.83. The van der Waals surface area contributed by atoms with Crippen LogP contribution in [0, 0.1) is 17.2 Å². The van der Waals surface area contributed by atoms with E-state index in [1.54, 1.807) is 24.4 Å². The van der Waals surface area contributed by atoms with Crippen LogP contribution in [0.3, 0.4) is 0 Å². The van der Waals surface area contributed by atoms with Gasteiger partial charge in [0.2, 0.25) is 0 Å². The largest absolute Gasteiger partial charge is 0.416 e. The molecule has 2 saturated carbocycles. The lowest BCUT2D eigenvalue weighted by molar-refractivity contribution is -0.138. The number of halogens is 4. The van der Waals surface area contributed by atoms with Gasteiger partial charge in [0.05, 0.1) is 11.1 Å². The number of fused-ring (bicyclic) bond motifs is 1. The number of hydrogen-bond acceptors (Lipinski definition) is 2. The molecule has 2 aliphatic rings. The lowest BCUT2D eigenvalue weighted by Crippen LogP contribution is -2.43. The highest BCUT2D eigenvalue weighted by Crippen LogP contribution is 2.57. The number of hydrogen-bond donors (Lipinski definition) is 0. The van der Waals surface area contributed by atoms with Gasteiger partial charge in [0.1, 0.15) is 11.6 Å². The van der Waals surface area contributed by atoms with Gasteiger partial charge in [-0.3, -0.25) is 9.78 Å². The van der Waals surface area contributed by atoms with Crippen LogP contribution < -0.4 is 0 Å². The van der Waals surface area contributed by atoms with Crippen molar-refractivity contribution in [1.29, 1.82) is 0 Å². The summed E-state index contributed by atoms with van der Waals surface area (Å²) in [6.07, 6.45) is 3.10. The number of carbonyl (C=O) groups excluding carboxylic acids is 1. The van der Waals surface area contributed by atoms with Crippen molar-refractivity contribution >= 4 is 16.7 Å². The van der Waals surface area contributed by atoms with Crippen molar-refractivity contribution in [2.75, 3.05) is 0 Å². The first-order valence-corrected chi connectivity index (χ1v) is 11.5. The second-order valence-corrected chi connectivity index (χ2v) is 9.78. The highest BCUT2D eigenvalue weighted by molar-refractivity contribution is 5.84. The molecule has 2 nitrogen and oxygen atoms in total. The van der Waals surface area contributed by atoms with E-state index in [4.69, 9.17) is 0 Å². The van der Waals surface area contributed by atoms with E-state index in [1.165, 1.54) is 12.1 Å². The zero-order chi connectivity index (χ0) is 23.2. The van der Waals surface area contributed by atoms with E-state index in [2.05, 4.69) is 4.98 Å². The Hall–Kier alpha value is -2.76. The molecule has 6 heteroatoms. The van der Waals surface area contributed by atoms with Crippen LogP contribution in [0.25, 0.3) is 10.9 Å². The summed E-state index contributed by atoms with van der Waals surface area (Å²) in [5.74, 6) is 0.0672. The molecular weight excluding hydrogens is 430 g/mol. The predicted molar refractivity (Wildman–Crippen MR) is 118 cm³/mol. The maximum absolute atomic E-state index is 13.8.